The molecule has 13 heteroatoms. The molecule has 240 valence electrons. The SMILES string of the molecule is Cc1cc(Oc2ccccc2F)ccc1-n1ncc(C(=O)c2cc3cc(N4CCOCC4)c(N4C(=O)C(C)(C)NC4=S)cc3[nH]2)c1N. The minimum absolute atomic E-state index is 0.115. The molecule has 5 aromatic rings. The number of morpholine rings is 1. The number of carbonyl (C=O) groups excluding carboxylic acids is 2. The van der Waals surface area contributed by atoms with Gasteiger partial charge in [-0.25, -0.2) is 9.07 Å². The van der Waals surface area contributed by atoms with Gasteiger partial charge in [0.05, 0.1) is 47.7 Å². The number of aryl methyl sites for hydroxylation is 1. The molecular weight excluding hydrogens is 621 g/mol. The summed E-state index contributed by atoms with van der Waals surface area (Å²) in [6, 6.07) is 16.9. The number of para-hydroxylation sites is 1. The summed E-state index contributed by atoms with van der Waals surface area (Å²) >= 11 is 5.59. The Kier molecular flexibility index (Phi) is 7.44. The molecule has 2 fully saturated rings. The van der Waals surface area contributed by atoms with Crippen LogP contribution in [0.3, 0.4) is 0 Å². The third-order valence-corrected chi connectivity index (χ3v) is 8.71. The lowest BCUT2D eigenvalue weighted by Crippen LogP contribution is -2.41. The molecular formula is C34H32FN7O4S. The van der Waals surface area contributed by atoms with Crippen LogP contribution in [0.2, 0.25) is 0 Å². The molecule has 3 aromatic carbocycles. The Labute approximate surface area is 275 Å². The number of aromatic amines is 1. The van der Waals surface area contributed by atoms with Gasteiger partial charge in [0.25, 0.3) is 5.91 Å². The maximum atomic E-state index is 14.1. The van der Waals surface area contributed by atoms with Gasteiger partial charge >= 0.3 is 0 Å². The molecule has 2 aliphatic heterocycles. The molecule has 2 saturated heterocycles. The first-order valence-corrected chi connectivity index (χ1v) is 15.5. The zero-order valence-corrected chi connectivity index (χ0v) is 26.8. The Bertz CT molecular complexity index is 2080. The minimum atomic E-state index is -0.853. The summed E-state index contributed by atoms with van der Waals surface area (Å²) in [5, 5.41) is 8.64. The topological polar surface area (TPSA) is 131 Å². The number of nitrogen functional groups attached to an aromatic ring is 1. The average molecular weight is 654 g/mol. The lowest BCUT2D eigenvalue weighted by atomic mass is 10.1. The highest BCUT2D eigenvalue weighted by atomic mass is 32.1. The van der Waals surface area contributed by atoms with Crippen LogP contribution in [0.4, 0.5) is 21.6 Å². The Morgan fingerprint density at radius 1 is 1.06 bits per heavy atom. The van der Waals surface area contributed by atoms with Crippen LogP contribution in [0.25, 0.3) is 16.6 Å². The van der Waals surface area contributed by atoms with Crippen molar-refractivity contribution in [3.8, 4) is 17.2 Å². The fraction of sp³-hybridized carbons (Fsp3) is 0.235. The number of nitrogens with two attached hydrogens (primary N) is 1. The van der Waals surface area contributed by atoms with Crippen molar-refractivity contribution < 1.29 is 23.5 Å². The zero-order valence-electron chi connectivity index (χ0n) is 26.0. The Morgan fingerprint density at radius 2 is 1.83 bits per heavy atom. The summed E-state index contributed by atoms with van der Waals surface area (Å²) in [6.07, 6.45) is 1.44. The van der Waals surface area contributed by atoms with Crippen LogP contribution in [-0.4, -0.2) is 63.4 Å². The largest absolute Gasteiger partial charge is 0.454 e. The predicted octanol–water partition coefficient (Wildman–Crippen LogP) is 5.24. The molecule has 2 aromatic heterocycles. The number of fused-ring (bicyclic) bond motifs is 1. The molecule has 0 unspecified atom stereocenters. The van der Waals surface area contributed by atoms with E-state index in [4.69, 9.17) is 27.4 Å². The second-order valence-electron chi connectivity index (χ2n) is 12.1. The molecule has 47 heavy (non-hydrogen) atoms. The van der Waals surface area contributed by atoms with Crippen LogP contribution in [0, 0.1) is 12.7 Å². The highest BCUT2D eigenvalue weighted by molar-refractivity contribution is 7.80. The number of nitrogens with one attached hydrogen (secondary N) is 2. The summed E-state index contributed by atoms with van der Waals surface area (Å²) in [5.41, 5.74) is 9.69. The van der Waals surface area contributed by atoms with Crippen LogP contribution in [0.5, 0.6) is 11.5 Å². The van der Waals surface area contributed by atoms with Gasteiger partial charge in [-0.3, -0.25) is 14.5 Å². The number of rotatable bonds is 7. The molecule has 0 bridgehead atoms. The van der Waals surface area contributed by atoms with Crippen molar-refractivity contribution in [2.45, 2.75) is 26.3 Å². The standard InChI is InChI=1S/C34H32FN7O4S/c1-19-14-21(46-29-7-5-4-6-23(29)35)8-9-26(19)42-31(36)22(18-37-42)30(43)25-15-20-16-27(40-10-12-45-13-11-40)28(17-24(20)38-25)41-32(44)34(2,3)39-33(41)47/h4-9,14-18,38H,10-13,36H2,1-3H3,(H,39,47). The number of ketones is 1. The quantitative estimate of drug-likeness (QED) is 0.159. The third kappa shape index (κ3) is 5.36. The van der Waals surface area contributed by atoms with E-state index in [2.05, 4.69) is 20.3 Å². The van der Waals surface area contributed by atoms with Gasteiger partial charge in [0, 0.05) is 24.0 Å². The number of aromatic nitrogens is 3. The Morgan fingerprint density at radius 3 is 2.53 bits per heavy atom. The minimum Gasteiger partial charge on any atom is -0.454 e. The normalized spacial score (nSPS) is 16.2. The lowest BCUT2D eigenvalue weighted by Gasteiger charge is -2.32. The van der Waals surface area contributed by atoms with Crippen molar-refractivity contribution in [2.24, 2.45) is 0 Å². The van der Waals surface area contributed by atoms with Crippen LogP contribution >= 0.6 is 12.2 Å². The van der Waals surface area contributed by atoms with Gasteiger partial charge in [0.2, 0.25) is 5.78 Å². The van der Waals surface area contributed by atoms with Gasteiger partial charge in [-0.15, -0.1) is 0 Å². The van der Waals surface area contributed by atoms with Gasteiger partial charge in [-0.05, 0) is 87.1 Å². The molecule has 0 spiro atoms. The second kappa shape index (κ2) is 11.5. The van der Waals surface area contributed by atoms with Crippen molar-refractivity contribution in [1.82, 2.24) is 20.1 Å². The van der Waals surface area contributed by atoms with E-state index >= 15 is 0 Å². The summed E-state index contributed by atoms with van der Waals surface area (Å²) in [6.45, 7) is 7.83. The summed E-state index contributed by atoms with van der Waals surface area (Å²) < 4.78 is 26.9. The monoisotopic (exact) mass is 653 g/mol. The van der Waals surface area contributed by atoms with Crippen molar-refractivity contribution in [3.63, 3.8) is 0 Å². The number of halogens is 1. The second-order valence-corrected chi connectivity index (χ2v) is 12.5. The van der Waals surface area contributed by atoms with Gasteiger partial charge in [-0.1, -0.05) is 12.1 Å². The van der Waals surface area contributed by atoms with Crippen molar-refractivity contribution in [3.05, 3.63) is 89.5 Å². The van der Waals surface area contributed by atoms with E-state index in [-0.39, 0.29) is 28.8 Å². The number of hydrogen-bond donors (Lipinski definition) is 3. The van der Waals surface area contributed by atoms with Gasteiger partial charge in [0.1, 0.15) is 17.1 Å². The summed E-state index contributed by atoms with van der Waals surface area (Å²) in [7, 11) is 0. The molecule has 7 rings (SSSR count). The molecule has 4 heterocycles. The first-order valence-electron chi connectivity index (χ1n) is 15.1. The zero-order chi connectivity index (χ0) is 33.0. The molecule has 11 nitrogen and oxygen atoms in total. The van der Waals surface area contributed by atoms with E-state index < -0.39 is 11.4 Å². The number of H-pyrrole nitrogens is 1. The Hall–Kier alpha value is -5.27. The number of thiocarbonyl (C=S) groups is 1. The lowest BCUT2D eigenvalue weighted by molar-refractivity contribution is -0.120. The average Bonchev–Trinajstić information content (AvgIpc) is 3.70. The molecule has 0 aliphatic carbocycles. The predicted molar refractivity (Wildman–Crippen MR) is 181 cm³/mol. The first-order chi connectivity index (χ1) is 22.5. The fourth-order valence-corrected chi connectivity index (χ4v) is 6.37. The molecule has 4 N–H and O–H groups in total. The number of anilines is 3. The first kappa shape index (κ1) is 30.4. The third-order valence-electron chi connectivity index (χ3n) is 8.43. The van der Waals surface area contributed by atoms with E-state index in [1.165, 1.54) is 21.8 Å². The van der Waals surface area contributed by atoms with E-state index in [0.29, 0.717) is 59.8 Å². The van der Waals surface area contributed by atoms with E-state index in [9.17, 15) is 14.0 Å². The smallest absolute Gasteiger partial charge is 0.258 e. The summed E-state index contributed by atoms with van der Waals surface area (Å²) in [5.74, 6) is -0.246. The number of carbonyl (C=O) groups is 2. The van der Waals surface area contributed by atoms with Crippen LogP contribution in [-0.2, 0) is 9.53 Å². The van der Waals surface area contributed by atoms with Gasteiger partial charge in [0.15, 0.2) is 16.7 Å². The van der Waals surface area contributed by atoms with Crippen LogP contribution in [0.15, 0.2) is 66.9 Å². The number of amides is 1. The molecule has 2 aliphatic rings. The van der Waals surface area contributed by atoms with Gasteiger partial charge in [-0.2, -0.15) is 5.10 Å². The maximum absolute atomic E-state index is 14.1. The Balaban J connectivity index is 1.21. The molecule has 0 atom stereocenters. The highest BCUT2D eigenvalue weighted by Gasteiger charge is 2.44. The van der Waals surface area contributed by atoms with E-state index in [0.717, 1.165) is 16.6 Å². The summed E-state index contributed by atoms with van der Waals surface area (Å²) in [4.78, 5) is 34.2. The van der Waals surface area contributed by atoms with Crippen LogP contribution < -0.4 is 25.6 Å². The number of ether oxygens (including phenoxy) is 2. The number of benzene rings is 3. The molecule has 0 saturated carbocycles. The maximum Gasteiger partial charge on any atom is 0.258 e. The van der Waals surface area contributed by atoms with Crippen molar-refractivity contribution in [1.29, 1.82) is 0 Å². The molecule has 1 amide bonds. The van der Waals surface area contributed by atoms with Gasteiger partial charge < -0.3 is 30.4 Å². The van der Waals surface area contributed by atoms with Crippen molar-refractivity contribution >= 4 is 57.1 Å². The number of nitrogens with zero attached hydrogens (tertiary/aromatic N) is 4. The van der Waals surface area contributed by atoms with Crippen LogP contribution in [0.1, 0.15) is 35.5 Å². The fourth-order valence-electron chi connectivity index (χ4n) is 5.94. The highest BCUT2D eigenvalue weighted by Crippen LogP contribution is 2.38. The van der Waals surface area contributed by atoms with Crippen molar-refractivity contribution in [2.75, 3.05) is 41.8 Å². The number of hydrogen-bond acceptors (Lipinski definition) is 8. The van der Waals surface area contributed by atoms with E-state index in [1.54, 1.807) is 56.3 Å². The molecule has 0 radical (unpaired) electrons. The van der Waals surface area contributed by atoms with E-state index in [1.807, 2.05) is 19.1 Å².